The molecule has 0 bridgehead atoms. The second-order valence-electron chi connectivity index (χ2n) is 5.58. The summed E-state index contributed by atoms with van der Waals surface area (Å²) < 4.78 is 45.6. The zero-order valence-corrected chi connectivity index (χ0v) is 15.9. The van der Waals surface area contributed by atoms with E-state index in [9.17, 15) is 17.6 Å². The van der Waals surface area contributed by atoms with Crippen molar-refractivity contribution >= 4 is 27.1 Å². The first-order valence-electron chi connectivity index (χ1n) is 7.92. The van der Waals surface area contributed by atoms with Gasteiger partial charge in [0, 0.05) is 17.0 Å². The normalized spacial score (nSPS) is 11.3. The monoisotopic (exact) mass is 405 g/mol. The number of thiophene rings is 1. The molecule has 140 valence electrons. The fourth-order valence-electron chi connectivity index (χ4n) is 2.39. The maximum absolute atomic E-state index is 13.7. The Morgan fingerprint density at radius 3 is 2.52 bits per heavy atom. The highest BCUT2D eigenvalue weighted by Crippen LogP contribution is 2.23. The average Bonchev–Trinajstić information content (AvgIpc) is 3.15. The van der Waals surface area contributed by atoms with E-state index < -0.39 is 15.8 Å². The molecule has 0 fully saturated rings. The smallest absolute Gasteiger partial charge is 0.241 e. The number of rotatable bonds is 7. The summed E-state index contributed by atoms with van der Waals surface area (Å²) in [6.45, 7) is 0.00270. The predicted octanol–water partition coefficient (Wildman–Crippen LogP) is 3.61. The van der Waals surface area contributed by atoms with E-state index in [4.69, 9.17) is 4.74 Å². The van der Waals surface area contributed by atoms with Crippen molar-refractivity contribution in [3.8, 4) is 5.75 Å². The van der Waals surface area contributed by atoms with Gasteiger partial charge in [0.05, 0.1) is 16.9 Å². The third kappa shape index (κ3) is 4.41. The van der Waals surface area contributed by atoms with Gasteiger partial charge < -0.3 is 4.74 Å². The Bertz CT molecular complexity index is 1060. The molecule has 0 spiro atoms. The van der Waals surface area contributed by atoms with Crippen molar-refractivity contribution in [1.82, 2.24) is 4.72 Å². The van der Waals surface area contributed by atoms with E-state index >= 15 is 0 Å². The largest absolute Gasteiger partial charge is 0.494 e. The molecule has 1 N–H and O–H groups in total. The van der Waals surface area contributed by atoms with Crippen molar-refractivity contribution in [2.45, 2.75) is 11.4 Å². The molecule has 0 aliphatic carbocycles. The van der Waals surface area contributed by atoms with Crippen molar-refractivity contribution in [1.29, 1.82) is 0 Å². The highest BCUT2D eigenvalue weighted by Gasteiger charge is 2.18. The lowest BCUT2D eigenvalue weighted by molar-refractivity contribution is 0.104. The second-order valence-corrected chi connectivity index (χ2v) is 8.52. The number of sulfonamides is 1. The summed E-state index contributed by atoms with van der Waals surface area (Å²) in [7, 11) is -2.59. The Kier molecular flexibility index (Phi) is 5.69. The molecule has 0 aliphatic heterocycles. The summed E-state index contributed by atoms with van der Waals surface area (Å²) in [6, 6.07) is 15.6. The van der Waals surface area contributed by atoms with Gasteiger partial charge in [0.25, 0.3) is 0 Å². The van der Waals surface area contributed by atoms with E-state index in [1.54, 1.807) is 36.4 Å². The summed E-state index contributed by atoms with van der Waals surface area (Å²) in [5, 5.41) is 0. The maximum Gasteiger partial charge on any atom is 0.241 e. The summed E-state index contributed by atoms with van der Waals surface area (Å²) in [5.41, 5.74) is 0.570. The van der Waals surface area contributed by atoms with Crippen molar-refractivity contribution < 1.29 is 22.3 Å². The van der Waals surface area contributed by atoms with E-state index in [0.717, 1.165) is 6.07 Å². The van der Waals surface area contributed by atoms with Crippen molar-refractivity contribution in [3.05, 3.63) is 81.8 Å². The van der Waals surface area contributed by atoms with Crippen molar-refractivity contribution in [3.63, 3.8) is 0 Å². The van der Waals surface area contributed by atoms with E-state index in [2.05, 4.69) is 4.72 Å². The Balaban J connectivity index is 1.71. The zero-order valence-electron chi connectivity index (χ0n) is 14.3. The molecule has 1 heterocycles. The summed E-state index contributed by atoms with van der Waals surface area (Å²) in [5.74, 6) is -0.907. The fourth-order valence-corrected chi connectivity index (χ4v) is 4.41. The highest BCUT2D eigenvalue weighted by molar-refractivity contribution is 7.89. The van der Waals surface area contributed by atoms with Gasteiger partial charge in [-0.3, -0.25) is 4.79 Å². The van der Waals surface area contributed by atoms with Crippen LogP contribution in [0.2, 0.25) is 0 Å². The quantitative estimate of drug-likeness (QED) is 0.610. The van der Waals surface area contributed by atoms with Crippen LogP contribution < -0.4 is 9.46 Å². The second kappa shape index (κ2) is 7.99. The summed E-state index contributed by atoms with van der Waals surface area (Å²) in [4.78, 5) is 13.4. The van der Waals surface area contributed by atoms with Crippen LogP contribution >= 0.6 is 11.3 Å². The Labute approximate surface area is 160 Å². The predicted molar refractivity (Wildman–Crippen MR) is 101 cm³/mol. The topological polar surface area (TPSA) is 72.5 Å². The number of benzene rings is 2. The molecule has 3 aromatic rings. The van der Waals surface area contributed by atoms with E-state index in [1.807, 2.05) is 6.07 Å². The first-order valence-corrected chi connectivity index (χ1v) is 10.2. The van der Waals surface area contributed by atoms with Crippen LogP contribution in [-0.2, 0) is 16.6 Å². The van der Waals surface area contributed by atoms with E-state index in [-0.39, 0.29) is 23.0 Å². The summed E-state index contributed by atoms with van der Waals surface area (Å²) >= 11 is 1.21. The van der Waals surface area contributed by atoms with Gasteiger partial charge in [-0.2, -0.15) is 0 Å². The lowest BCUT2D eigenvalue weighted by atomic mass is 10.1. The number of nitrogens with one attached hydrogen (secondary N) is 1. The van der Waals surface area contributed by atoms with Crippen molar-refractivity contribution in [2.24, 2.45) is 0 Å². The van der Waals surface area contributed by atoms with Gasteiger partial charge in [-0.25, -0.2) is 17.5 Å². The molecule has 5 nitrogen and oxygen atoms in total. The lowest BCUT2D eigenvalue weighted by Gasteiger charge is -2.07. The number of methoxy groups -OCH3 is 1. The molecule has 0 unspecified atom stereocenters. The number of ether oxygens (including phenoxy) is 1. The third-order valence-electron chi connectivity index (χ3n) is 3.79. The van der Waals surface area contributed by atoms with Gasteiger partial charge in [-0.15, -0.1) is 11.3 Å². The number of carbonyl (C=O) groups excluding carboxylic acids is 1. The zero-order chi connectivity index (χ0) is 19.4. The minimum Gasteiger partial charge on any atom is -0.494 e. The standard InChI is InChI=1S/C19H16FNO4S2/c1-25-17-9-8-15(11-16(17)20)27(23,24)21-12-14-7-10-18(26-14)19(22)13-5-3-2-4-6-13/h2-11,21H,12H2,1H3. The highest BCUT2D eigenvalue weighted by atomic mass is 32.2. The minimum atomic E-state index is -3.89. The molecule has 0 saturated carbocycles. The van der Waals surface area contributed by atoms with Crippen LogP contribution in [0.25, 0.3) is 0 Å². The van der Waals surface area contributed by atoms with Crippen LogP contribution in [0.5, 0.6) is 5.75 Å². The van der Waals surface area contributed by atoms with Gasteiger partial charge in [0.2, 0.25) is 15.8 Å². The van der Waals surface area contributed by atoms with Gasteiger partial charge in [0.1, 0.15) is 0 Å². The molecule has 0 aliphatic rings. The van der Waals surface area contributed by atoms with Crippen LogP contribution in [0.4, 0.5) is 4.39 Å². The molecule has 2 aromatic carbocycles. The SMILES string of the molecule is COc1ccc(S(=O)(=O)NCc2ccc(C(=O)c3ccccc3)s2)cc1F. The van der Waals surface area contributed by atoms with Crippen LogP contribution in [0.3, 0.4) is 0 Å². The molecular weight excluding hydrogens is 389 g/mol. The first kappa shape index (κ1) is 19.2. The van der Waals surface area contributed by atoms with Crippen LogP contribution in [0.1, 0.15) is 20.1 Å². The fraction of sp³-hybridized carbons (Fsp3) is 0.105. The average molecular weight is 405 g/mol. The lowest BCUT2D eigenvalue weighted by Crippen LogP contribution is -2.22. The Morgan fingerprint density at radius 1 is 1.11 bits per heavy atom. The molecule has 0 radical (unpaired) electrons. The molecule has 0 saturated heterocycles. The number of hydrogen-bond acceptors (Lipinski definition) is 5. The molecule has 27 heavy (non-hydrogen) atoms. The van der Waals surface area contributed by atoms with Gasteiger partial charge in [0.15, 0.2) is 11.6 Å². The summed E-state index contributed by atoms with van der Waals surface area (Å²) in [6.07, 6.45) is 0. The van der Waals surface area contributed by atoms with E-state index in [0.29, 0.717) is 15.3 Å². The number of hydrogen-bond donors (Lipinski definition) is 1. The van der Waals surface area contributed by atoms with Gasteiger partial charge in [-0.05, 0) is 30.3 Å². The van der Waals surface area contributed by atoms with Crippen LogP contribution in [-0.4, -0.2) is 21.3 Å². The van der Waals surface area contributed by atoms with E-state index in [1.165, 1.54) is 30.6 Å². The molecule has 0 atom stereocenters. The Morgan fingerprint density at radius 2 is 1.85 bits per heavy atom. The van der Waals surface area contributed by atoms with Crippen LogP contribution in [0, 0.1) is 5.82 Å². The molecule has 1 aromatic heterocycles. The van der Waals surface area contributed by atoms with Gasteiger partial charge >= 0.3 is 0 Å². The van der Waals surface area contributed by atoms with Crippen LogP contribution in [0.15, 0.2) is 65.6 Å². The molecule has 0 amide bonds. The number of halogens is 1. The molecular formula is C19H16FNO4S2. The number of ketones is 1. The third-order valence-corrected chi connectivity index (χ3v) is 6.27. The number of carbonyl (C=O) groups is 1. The minimum absolute atomic E-state index is 0.00270. The van der Waals surface area contributed by atoms with Crippen molar-refractivity contribution in [2.75, 3.05) is 7.11 Å². The molecule has 8 heteroatoms. The molecule has 3 rings (SSSR count). The Hall–Kier alpha value is -2.55. The van der Waals surface area contributed by atoms with Gasteiger partial charge in [-0.1, -0.05) is 30.3 Å². The first-order chi connectivity index (χ1) is 12.9. The maximum atomic E-state index is 13.7.